The van der Waals surface area contributed by atoms with E-state index in [1.165, 1.54) is 6.26 Å². The van der Waals surface area contributed by atoms with Crippen LogP contribution in [0.2, 0.25) is 0 Å². The molecule has 0 fully saturated rings. The molecule has 0 amide bonds. The average Bonchev–Trinajstić information content (AvgIpc) is 2.46. The van der Waals surface area contributed by atoms with E-state index >= 15 is 0 Å². The van der Waals surface area contributed by atoms with Crippen molar-refractivity contribution < 1.29 is 9.47 Å². The molecule has 0 aromatic carbocycles. The largest absolute Gasteiger partial charge is 0.465 e. The molecule has 1 aliphatic carbocycles. The van der Waals surface area contributed by atoms with Crippen molar-refractivity contribution in [3.63, 3.8) is 0 Å². The number of guanidine groups is 1. The summed E-state index contributed by atoms with van der Waals surface area (Å²) < 4.78 is 11.0. The summed E-state index contributed by atoms with van der Waals surface area (Å²) in [6.45, 7) is 1.74. The number of rotatable bonds is 3. The molecular weight excluding hydrogens is 280 g/mol. The van der Waals surface area contributed by atoms with E-state index in [1.54, 1.807) is 13.2 Å². The first kappa shape index (κ1) is 15.8. The molecule has 2 aliphatic rings. The van der Waals surface area contributed by atoms with Crippen LogP contribution in [-0.2, 0) is 9.47 Å². The Labute approximate surface area is 123 Å². The van der Waals surface area contributed by atoms with Crippen molar-refractivity contribution in [1.29, 1.82) is 5.41 Å². The first-order valence-corrected chi connectivity index (χ1v) is 5.91. The van der Waals surface area contributed by atoms with Gasteiger partial charge in [0.25, 0.3) is 0 Å². The van der Waals surface area contributed by atoms with E-state index in [2.05, 4.69) is 16.6 Å². The van der Waals surface area contributed by atoms with Gasteiger partial charge in [-0.2, -0.15) is 5.10 Å². The van der Waals surface area contributed by atoms with Crippen LogP contribution < -0.4 is 11.2 Å². The van der Waals surface area contributed by atoms with Gasteiger partial charge < -0.3 is 15.2 Å². The van der Waals surface area contributed by atoms with Crippen LogP contribution in [0.1, 0.15) is 19.8 Å². The van der Waals surface area contributed by atoms with E-state index in [0.29, 0.717) is 17.2 Å². The lowest BCUT2D eigenvalue weighted by molar-refractivity contribution is 0.245. The summed E-state index contributed by atoms with van der Waals surface area (Å²) in [5.41, 5.74) is 9.16. The summed E-state index contributed by atoms with van der Waals surface area (Å²) in [5.74, 6) is 0.938. The fraction of sp³-hybridized carbons (Fsp3) is 0.231. The number of halogens is 1. The molecule has 108 valence electrons. The smallest absolute Gasteiger partial charge is 0.206 e. The number of nitrogens with two attached hydrogens (primary N) is 1. The molecule has 0 atom stereocenters. The van der Waals surface area contributed by atoms with Gasteiger partial charge in [-0.05, 0) is 25.3 Å². The number of hydrogen-bond acceptors (Lipinski definition) is 4. The van der Waals surface area contributed by atoms with Gasteiger partial charge in [0.2, 0.25) is 5.96 Å². The van der Waals surface area contributed by atoms with Crippen molar-refractivity contribution in [2.24, 2.45) is 10.8 Å². The molecule has 2 rings (SSSR count). The van der Waals surface area contributed by atoms with Crippen LogP contribution in [0.4, 0.5) is 0 Å². The summed E-state index contributed by atoms with van der Waals surface area (Å²) >= 11 is 0. The lowest BCUT2D eigenvalue weighted by atomic mass is 10.0. The van der Waals surface area contributed by atoms with Crippen LogP contribution in [0.5, 0.6) is 0 Å². The minimum atomic E-state index is -0.229. The molecule has 0 saturated heterocycles. The first-order chi connectivity index (χ1) is 9.16. The Morgan fingerprint density at radius 1 is 1.45 bits per heavy atom. The van der Waals surface area contributed by atoms with Crippen molar-refractivity contribution in [3.05, 3.63) is 47.8 Å². The molecule has 4 N–H and O–H groups in total. The van der Waals surface area contributed by atoms with Crippen molar-refractivity contribution in [3.8, 4) is 0 Å². The van der Waals surface area contributed by atoms with E-state index in [-0.39, 0.29) is 18.4 Å². The van der Waals surface area contributed by atoms with Gasteiger partial charge in [0.15, 0.2) is 11.5 Å². The van der Waals surface area contributed by atoms with Gasteiger partial charge in [0.05, 0.1) is 0 Å². The van der Waals surface area contributed by atoms with Gasteiger partial charge in [-0.15, -0.1) is 12.4 Å². The third kappa shape index (κ3) is 4.17. The molecule has 0 saturated carbocycles. The van der Waals surface area contributed by atoms with Gasteiger partial charge in [0.1, 0.15) is 18.2 Å². The summed E-state index contributed by atoms with van der Waals surface area (Å²) in [6.07, 6.45) is 11.0. The second-order valence-electron chi connectivity index (χ2n) is 4.08. The minimum absolute atomic E-state index is 0. The monoisotopic (exact) mass is 296 g/mol. The van der Waals surface area contributed by atoms with Gasteiger partial charge in [-0.1, -0.05) is 18.2 Å². The Morgan fingerprint density at radius 2 is 2.25 bits per heavy atom. The van der Waals surface area contributed by atoms with Crippen LogP contribution in [0.25, 0.3) is 0 Å². The average molecular weight is 297 g/mol. The molecule has 0 aromatic heterocycles. The SMILES string of the molecule is CC(=NNC(=N)N)C1=COC=C(C2=CC=CCC2)O1.Cl. The Morgan fingerprint density at radius 3 is 2.90 bits per heavy atom. The third-order valence-electron chi connectivity index (χ3n) is 2.60. The zero-order chi connectivity index (χ0) is 13.7. The predicted octanol–water partition coefficient (Wildman–Crippen LogP) is 2.27. The molecule has 1 heterocycles. The Bertz CT molecular complexity index is 532. The van der Waals surface area contributed by atoms with Gasteiger partial charge in [0, 0.05) is 0 Å². The number of nitrogens with zero attached hydrogens (tertiary/aromatic N) is 1. The highest BCUT2D eigenvalue weighted by Crippen LogP contribution is 2.26. The molecule has 0 radical (unpaired) electrons. The minimum Gasteiger partial charge on any atom is -0.465 e. The van der Waals surface area contributed by atoms with Crippen molar-refractivity contribution >= 4 is 24.1 Å². The highest BCUT2D eigenvalue weighted by Gasteiger charge is 2.16. The predicted molar refractivity (Wildman–Crippen MR) is 80.2 cm³/mol. The van der Waals surface area contributed by atoms with E-state index in [0.717, 1.165) is 18.4 Å². The van der Waals surface area contributed by atoms with Gasteiger partial charge in [-0.25, -0.2) is 5.43 Å². The normalized spacial score (nSPS) is 17.6. The summed E-state index contributed by atoms with van der Waals surface area (Å²) in [4.78, 5) is 0. The molecule has 20 heavy (non-hydrogen) atoms. The van der Waals surface area contributed by atoms with E-state index in [9.17, 15) is 0 Å². The lowest BCUT2D eigenvalue weighted by Gasteiger charge is -2.19. The van der Waals surface area contributed by atoms with Crippen molar-refractivity contribution in [2.75, 3.05) is 0 Å². The Balaban J connectivity index is 0.00000200. The highest BCUT2D eigenvalue weighted by atomic mass is 35.5. The zero-order valence-electron chi connectivity index (χ0n) is 11.1. The quantitative estimate of drug-likeness (QED) is 0.423. The van der Waals surface area contributed by atoms with E-state index in [4.69, 9.17) is 20.6 Å². The molecule has 1 aliphatic heterocycles. The highest BCUT2D eigenvalue weighted by molar-refractivity contribution is 5.97. The fourth-order valence-corrected chi connectivity index (χ4v) is 1.63. The Hall–Kier alpha value is -2.21. The molecule has 0 bridgehead atoms. The maximum atomic E-state index is 7.04. The molecular formula is C13H17ClN4O2. The standard InChI is InChI=1S/C13H16N4O2.ClH/c1-9(16-17-13(14)15)11-7-18-8-12(19-11)10-5-3-2-4-6-10;/h2-3,5,7-8H,4,6H2,1H3,(H4,14,15,17);1H. The number of ether oxygens (including phenoxy) is 2. The third-order valence-corrected chi connectivity index (χ3v) is 2.60. The zero-order valence-corrected chi connectivity index (χ0v) is 11.9. The summed E-state index contributed by atoms with van der Waals surface area (Å²) in [6, 6.07) is 0. The van der Waals surface area contributed by atoms with Crippen molar-refractivity contribution in [1.82, 2.24) is 5.43 Å². The van der Waals surface area contributed by atoms with Crippen LogP contribution in [0, 0.1) is 5.41 Å². The molecule has 0 spiro atoms. The summed E-state index contributed by atoms with van der Waals surface area (Å²) in [7, 11) is 0. The lowest BCUT2D eigenvalue weighted by Crippen LogP contribution is -2.27. The van der Waals surface area contributed by atoms with E-state index < -0.39 is 0 Å². The second-order valence-corrected chi connectivity index (χ2v) is 4.08. The number of allylic oxidation sites excluding steroid dienone is 5. The first-order valence-electron chi connectivity index (χ1n) is 5.91. The molecule has 6 nitrogen and oxygen atoms in total. The maximum absolute atomic E-state index is 7.04. The molecule has 7 heteroatoms. The van der Waals surface area contributed by atoms with Crippen LogP contribution in [0.15, 0.2) is 52.9 Å². The van der Waals surface area contributed by atoms with Crippen LogP contribution in [0.3, 0.4) is 0 Å². The van der Waals surface area contributed by atoms with E-state index in [1.807, 2.05) is 12.2 Å². The van der Waals surface area contributed by atoms with Crippen LogP contribution >= 0.6 is 12.4 Å². The number of hydrazone groups is 1. The molecule has 0 aromatic rings. The fourth-order valence-electron chi connectivity index (χ4n) is 1.63. The second kappa shape index (κ2) is 7.40. The number of hydrogen-bond donors (Lipinski definition) is 3. The van der Waals surface area contributed by atoms with Gasteiger partial charge >= 0.3 is 0 Å². The van der Waals surface area contributed by atoms with Gasteiger partial charge in [-0.3, -0.25) is 5.41 Å². The summed E-state index contributed by atoms with van der Waals surface area (Å²) in [5, 5.41) is 11.0. The molecule has 0 unspecified atom stereocenters. The Kier molecular flexibility index (Phi) is 5.86. The topological polar surface area (TPSA) is 92.7 Å². The van der Waals surface area contributed by atoms with Crippen molar-refractivity contribution in [2.45, 2.75) is 19.8 Å². The maximum Gasteiger partial charge on any atom is 0.206 e. The van der Waals surface area contributed by atoms with Crippen LogP contribution in [-0.4, -0.2) is 11.7 Å². The number of nitrogens with one attached hydrogen (secondary N) is 2.